The zero-order valence-electron chi connectivity index (χ0n) is 12.0. The summed E-state index contributed by atoms with van der Waals surface area (Å²) in [5.41, 5.74) is 4.03. The van der Waals surface area contributed by atoms with Crippen molar-refractivity contribution < 1.29 is 4.74 Å². The molecule has 100 valence electrons. The van der Waals surface area contributed by atoms with Crippen LogP contribution >= 0.6 is 0 Å². The molecule has 0 amide bonds. The molecule has 1 aliphatic rings. The minimum absolute atomic E-state index is 0.0778. The Morgan fingerprint density at radius 1 is 1.28 bits per heavy atom. The molecule has 1 heterocycles. The van der Waals surface area contributed by atoms with Crippen LogP contribution in [0.4, 0.5) is 0 Å². The molecule has 1 aromatic rings. The monoisotopic (exact) mass is 247 g/mol. The average Bonchev–Trinajstić information content (AvgIpc) is 2.36. The van der Waals surface area contributed by atoms with Crippen LogP contribution in [0, 0.1) is 13.8 Å². The third-order valence-electron chi connectivity index (χ3n) is 4.36. The summed E-state index contributed by atoms with van der Waals surface area (Å²) >= 11 is 0. The van der Waals surface area contributed by atoms with Gasteiger partial charge in [-0.25, -0.2) is 0 Å². The van der Waals surface area contributed by atoms with E-state index in [9.17, 15) is 0 Å². The van der Waals surface area contributed by atoms with Crippen molar-refractivity contribution in [1.82, 2.24) is 5.32 Å². The smallest absolute Gasteiger partial charge is 0.0848 e. The second-order valence-electron chi connectivity index (χ2n) is 5.63. The quantitative estimate of drug-likeness (QED) is 0.882. The molecule has 0 spiro atoms. The Balaban J connectivity index is 2.35. The molecule has 1 aliphatic heterocycles. The number of nitrogens with one attached hydrogen (secondary N) is 1. The maximum Gasteiger partial charge on any atom is 0.0848 e. The molecule has 2 nitrogen and oxygen atoms in total. The lowest BCUT2D eigenvalue weighted by Crippen LogP contribution is -2.45. The van der Waals surface area contributed by atoms with Crippen molar-refractivity contribution in [1.29, 1.82) is 0 Å². The molecule has 1 N–H and O–H groups in total. The van der Waals surface area contributed by atoms with Gasteiger partial charge in [-0.3, -0.25) is 0 Å². The first-order chi connectivity index (χ1) is 8.58. The van der Waals surface area contributed by atoms with Crippen molar-refractivity contribution in [3.8, 4) is 0 Å². The molecular weight excluding hydrogens is 222 g/mol. The maximum atomic E-state index is 6.11. The molecule has 0 aromatic heterocycles. The van der Waals surface area contributed by atoms with E-state index >= 15 is 0 Å². The summed E-state index contributed by atoms with van der Waals surface area (Å²) in [4.78, 5) is 0. The third-order valence-corrected chi connectivity index (χ3v) is 4.36. The standard InChI is InChI=1S/C16H25NO/c1-12-8-7-9-14(13(12)2)15(17-4)16(3)10-5-6-11-18-16/h7-9,15,17H,5-6,10-11H2,1-4H3. The predicted molar refractivity (Wildman–Crippen MR) is 75.9 cm³/mol. The largest absolute Gasteiger partial charge is 0.373 e. The van der Waals surface area contributed by atoms with Gasteiger partial charge in [-0.15, -0.1) is 0 Å². The summed E-state index contributed by atoms with van der Waals surface area (Å²) in [7, 11) is 2.04. The van der Waals surface area contributed by atoms with E-state index in [1.54, 1.807) is 0 Å². The van der Waals surface area contributed by atoms with Gasteiger partial charge in [-0.1, -0.05) is 18.2 Å². The minimum atomic E-state index is -0.0778. The summed E-state index contributed by atoms with van der Waals surface area (Å²) < 4.78 is 6.11. The summed E-state index contributed by atoms with van der Waals surface area (Å²) in [5.74, 6) is 0. The van der Waals surface area contributed by atoms with Crippen LogP contribution in [-0.4, -0.2) is 19.3 Å². The van der Waals surface area contributed by atoms with Crippen LogP contribution < -0.4 is 5.32 Å². The van der Waals surface area contributed by atoms with Crippen molar-refractivity contribution in [3.05, 3.63) is 34.9 Å². The normalized spacial score (nSPS) is 26.0. The fraction of sp³-hybridized carbons (Fsp3) is 0.625. The third kappa shape index (κ3) is 2.45. The first kappa shape index (κ1) is 13.6. The zero-order chi connectivity index (χ0) is 13.2. The van der Waals surface area contributed by atoms with E-state index in [0.717, 1.165) is 13.0 Å². The number of aryl methyl sites for hydroxylation is 1. The molecule has 2 atom stereocenters. The molecule has 2 rings (SSSR count). The van der Waals surface area contributed by atoms with Crippen molar-refractivity contribution in [2.24, 2.45) is 0 Å². The molecule has 2 unspecified atom stereocenters. The maximum absolute atomic E-state index is 6.11. The van der Waals surface area contributed by atoms with Gasteiger partial charge in [-0.05, 0) is 63.8 Å². The Bertz CT molecular complexity index is 408. The Kier molecular flexibility index (Phi) is 4.08. The van der Waals surface area contributed by atoms with E-state index in [2.05, 4.69) is 44.3 Å². The van der Waals surface area contributed by atoms with Gasteiger partial charge in [-0.2, -0.15) is 0 Å². The van der Waals surface area contributed by atoms with E-state index in [4.69, 9.17) is 4.74 Å². The highest BCUT2D eigenvalue weighted by molar-refractivity contribution is 5.36. The zero-order valence-corrected chi connectivity index (χ0v) is 12.0. The Labute approximate surface area is 111 Å². The second-order valence-corrected chi connectivity index (χ2v) is 5.63. The summed E-state index contributed by atoms with van der Waals surface area (Å²) in [6.45, 7) is 7.52. The lowest BCUT2D eigenvalue weighted by molar-refractivity contribution is -0.0885. The van der Waals surface area contributed by atoms with Crippen LogP contribution in [0.25, 0.3) is 0 Å². The SMILES string of the molecule is CNC(c1cccc(C)c1C)C1(C)CCCCO1. The molecule has 0 saturated carbocycles. The van der Waals surface area contributed by atoms with Gasteiger partial charge in [0.1, 0.15) is 0 Å². The van der Waals surface area contributed by atoms with Crippen molar-refractivity contribution >= 4 is 0 Å². The van der Waals surface area contributed by atoms with Gasteiger partial charge >= 0.3 is 0 Å². The molecule has 18 heavy (non-hydrogen) atoms. The van der Waals surface area contributed by atoms with Gasteiger partial charge < -0.3 is 10.1 Å². The fourth-order valence-corrected chi connectivity index (χ4v) is 3.06. The molecular formula is C16H25NO. The van der Waals surface area contributed by atoms with E-state index in [1.165, 1.54) is 29.5 Å². The van der Waals surface area contributed by atoms with Crippen LogP contribution in [-0.2, 0) is 4.74 Å². The number of hydrogen-bond acceptors (Lipinski definition) is 2. The summed E-state index contributed by atoms with van der Waals surface area (Å²) in [6, 6.07) is 6.83. The lowest BCUT2D eigenvalue weighted by Gasteiger charge is -2.41. The number of likely N-dealkylation sites (N-methyl/N-ethyl adjacent to an activating group) is 1. The Hall–Kier alpha value is -0.860. The molecule has 2 heteroatoms. The van der Waals surface area contributed by atoms with E-state index in [-0.39, 0.29) is 11.6 Å². The van der Waals surface area contributed by atoms with Gasteiger partial charge in [0.15, 0.2) is 0 Å². The number of ether oxygens (including phenoxy) is 1. The molecule has 0 radical (unpaired) electrons. The van der Waals surface area contributed by atoms with Crippen LogP contribution in [0.15, 0.2) is 18.2 Å². The van der Waals surface area contributed by atoms with Crippen LogP contribution in [0.1, 0.15) is 48.9 Å². The highest BCUT2D eigenvalue weighted by Crippen LogP contribution is 2.37. The molecule has 1 saturated heterocycles. The van der Waals surface area contributed by atoms with Crippen LogP contribution in [0.2, 0.25) is 0 Å². The summed E-state index contributed by atoms with van der Waals surface area (Å²) in [5, 5.41) is 3.47. The van der Waals surface area contributed by atoms with Gasteiger partial charge in [0, 0.05) is 6.61 Å². The van der Waals surface area contributed by atoms with E-state index in [0.29, 0.717) is 0 Å². The predicted octanol–water partition coefficient (Wildman–Crippen LogP) is 3.52. The number of rotatable bonds is 3. The first-order valence-corrected chi connectivity index (χ1v) is 6.96. The molecule has 1 aromatic carbocycles. The Morgan fingerprint density at radius 2 is 2.06 bits per heavy atom. The average molecular weight is 247 g/mol. The van der Waals surface area contributed by atoms with E-state index < -0.39 is 0 Å². The fourth-order valence-electron chi connectivity index (χ4n) is 3.06. The highest BCUT2D eigenvalue weighted by Gasteiger charge is 2.37. The highest BCUT2D eigenvalue weighted by atomic mass is 16.5. The number of hydrogen-bond donors (Lipinski definition) is 1. The van der Waals surface area contributed by atoms with E-state index in [1.807, 2.05) is 7.05 Å². The van der Waals surface area contributed by atoms with Crippen molar-refractivity contribution in [3.63, 3.8) is 0 Å². The topological polar surface area (TPSA) is 21.3 Å². The Morgan fingerprint density at radius 3 is 2.67 bits per heavy atom. The minimum Gasteiger partial charge on any atom is -0.373 e. The first-order valence-electron chi connectivity index (χ1n) is 6.96. The van der Waals surface area contributed by atoms with Gasteiger partial charge in [0.25, 0.3) is 0 Å². The molecule has 0 bridgehead atoms. The molecule has 0 aliphatic carbocycles. The van der Waals surface area contributed by atoms with Crippen LogP contribution in [0.3, 0.4) is 0 Å². The lowest BCUT2D eigenvalue weighted by atomic mass is 9.82. The van der Waals surface area contributed by atoms with Crippen LogP contribution in [0.5, 0.6) is 0 Å². The number of benzene rings is 1. The second kappa shape index (κ2) is 5.41. The van der Waals surface area contributed by atoms with Gasteiger partial charge in [0.2, 0.25) is 0 Å². The summed E-state index contributed by atoms with van der Waals surface area (Å²) in [6.07, 6.45) is 3.59. The van der Waals surface area contributed by atoms with Crippen molar-refractivity contribution in [2.45, 2.75) is 51.7 Å². The molecule has 1 fully saturated rings. The van der Waals surface area contributed by atoms with Crippen molar-refractivity contribution in [2.75, 3.05) is 13.7 Å². The van der Waals surface area contributed by atoms with Gasteiger partial charge in [0.05, 0.1) is 11.6 Å².